The van der Waals surface area contributed by atoms with E-state index >= 15 is 0 Å². The summed E-state index contributed by atoms with van der Waals surface area (Å²) < 4.78 is 12.0. The van der Waals surface area contributed by atoms with Gasteiger partial charge in [0.05, 0.1) is 19.5 Å². The number of nitrogens with zero attached hydrogens (tertiary/aromatic N) is 3. The number of anilines is 1. The standard InChI is InChI=1S/C14H22N6O5/c1-7(2)9(15)13(23)25-8(3-21)4-24-6-20-5-17-10-11(20)18-14(16)19-12(10)22/h5,7-9,21H,3-4,6,15H2,1-2H3,(H3,16,18,19,22)/t8-,9?/m0/s1. The number of aromatic amines is 1. The smallest absolute Gasteiger partial charge is 0.323 e. The van der Waals surface area contributed by atoms with Gasteiger partial charge in [0.15, 0.2) is 11.2 Å². The summed E-state index contributed by atoms with van der Waals surface area (Å²) in [5.74, 6) is -0.726. The lowest BCUT2D eigenvalue weighted by Crippen LogP contribution is -2.40. The molecule has 2 aromatic rings. The average molecular weight is 354 g/mol. The lowest BCUT2D eigenvalue weighted by Gasteiger charge is -2.20. The fourth-order valence-corrected chi connectivity index (χ4v) is 1.99. The van der Waals surface area contributed by atoms with Gasteiger partial charge in [-0.3, -0.25) is 19.1 Å². The number of rotatable bonds is 8. The summed E-state index contributed by atoms with van der Waals surface area (Å²) in [6.45, 7) is 3.09. The number of hydrogen-bond acceptors (Lipinski definition) is 9. The minimum atomic E-state index is -0.853. The van der Waals surface area contributed by atoms with Crippen LogP contribution in [0.15, 0.2) is 11.1 Å². The molecule has 0 saturated carbocycles. The Kier molecular flexibility index (Phi) is 6.07. The topological polar surface area (TPSA) is 171 Å². The zero-order chi connectivity index (χ0) is 18.6. The lowest BCUT2D eigenvalue weighted by molar-refractivity contribution is -0.158. The van der Waals surface area contributed by atoms with Crippen molar-refractivity contribution in [1.82, 2.24) is 19.5 Å². The van der Waals surface area contributed by atoms with Crippen LogP contribution in [0.2, 0.25) is 0 Å². The third-order valence-electron chi connectivity index (χ3n) is 3.50. The van der Waals surface area contributed by atoms with Gasteiger partial charge in [0.25, 0.3) is 5.56 Å². The number of nitrogen functional groups attached to an aromatic ring is 1. The molecule has 0 bridgehead atoms. The third kappa shape index (κ3) is 4.53. The fraction of sp³-hybridized carbons (Fsp3) is 0.571. The molecular weight excluding hydrogens is 332 g/mol. The summed E-state index contributed by atoms with van der Waals surface area (Å²) in [5, 5.41) is 9.31. The molecule has 138 valence electrons. The van der Waals surface area contributed by atoms with E-state index in [0.29, 0.717) is 0 Å². The van der Waals surface area contributed by atoms with E-state index in [1.54, 1.807) is 13.8 Å². The first kappa shape index (κ1) is 18.8. The molecule has 0 aliphatic rings. The maximum atomic E-state index is 11.8. The first-order valence-electron chi connectivity index (χ1n) is 7.68. The van der Waals surface area contributed by atoms with Crippen molar-refractivity contribution in [1.29, 1.82) is 0 Å². The Labute approximate surface area is 142 Å². The summed E-state index contributed by atoms with van der Waals surface area (Å²) in [6, 6.07) is -0.773. The number of nitrogens with one attached hydrogen (secondary N) is 1. The molecule has 0 aliphatic heterocycles. The Morgan fingerprint density at radius 3 is 2.84 bits per heavy atom. The molecule has 6 N–H and O–H groups in total. The molecule has 0 aliphatic carbocycles. The molecule has 1 unspecified atom stereocenters. The normalized spacial score (nSPS) is 14.0. The second-order valence-corrected chi connectivity index (χ2v) is 5.85. The van der Waals surface area contributed by atoms with Crippen molar-refractivity contribution >= 4 is 23.1 Å². The Bertz CT molecular complexity index is 786. The van der Waals surface area contributed by atoms with Crippen LogP contribution >= 0.6 is 0 Å². The van der Waals surface area contributed by atoms with Crippen LogP contribution < -0.4 is 17.0 Å². The molecule has 25 heavy (non-hydrogen) atoms. The second kappa shape index (κ2) is 8.05. The third-order valence-corrected chi connectivity index (χ3v) is 3.50. The molecule has 0 radical (unpaired) electrons. The second-order valence-electron chi connectivity index (χ2n) is 5.85. The number of carbonyl (C=O) groups excluding carboxylic acids is 1. The van der Waals surface area contributed by atoms with Crippen LogP contribution in [0.5, 0.6) is 0 Å². The van der Waals surface area contributed by atoms with Gasteiger partial charge in [-0.15, -0.1) is 0 Å². The monoisotopic (exact) mass is 354 g/mol. The summed E-state index contributed by atoms with van der Waals surface area (Å²) >= 11 is 0. The zero-order valence-corrected chi connectivity index (χ0v) is 14.0. The van der Waals surface area contributed by atoms with Crippen LogP contribution in [0.25, 0.3) is 11.2 Å². The fourth-order valence-electron chi connectivity index (χ4n) is 1.99. The van der Waals surface area contributed by atoms with E-state index in [2.05, 4.69) is 15.0 Å². The van der Waals surface area contributed by atoms with Crippen molar-refractivity contribution < 1.29 is 19.4 Å². The van der Waals surface area contributed by atoms with E-state index < -0.39 is 30.3 Å². The van der Waals surface area contributed by atoms with E-state index in [1.807, 2.05) is 0 Å². The minimum Gasteiger partial charge on any atom is -0.456 e. The van der Waals surface area contributed by atoms with E-state index in [4.69, 9.17) is 20.9 Å². The number of aliphatic hydroxyl groups is 1. The van der Waals surface area contributed by atoms with Gasteiger partial charge in [-0.1, -0.05) is 13.8 Å². The molecule has 0 aromatic carbocycles. The number of H-pyrrole nitrogens is 1. The molecular formula is C14H22N6O5. The number of fused-ring (bicyclic) bond motifs is 1. The van der Waals surface area contributed by atoms with Gasteiger partial charge >= 0.3 is 5.97 Å². The van der Waals surface area contributed by atoms with Crippen molar-refractivity contribution in [3.63, 3.8) is 0 Å². The van der Waals surface area contributed by atoms with E-state index in [-0.39, 0.29) is 36.4 Å². The molecule has 0 spiro atoms. The number of esters is 1. The summed E-state index contributed by atoms with van der Waals surface area (Å²) in [6.07, 6.45) is 0.523. The van der Waals surface area contributed by atoms with Crippen molar-refractivity contribution in [3.8, 4) is 0 Å². The molecule has 2 rings (SSSR count). The van der Waals surface area contributed by atoms with Crippen LogP contribution in [0.1, 0.15) is 13.8 Å². The molecule has 0 saturated heterocycles. The number of imidazole rings is 1. The van der Waals surface area contributed by atoms with Crippen molar-refractivity contribution in [2.45, 2.75) is 32.7 Å². The predicted molar refractivity (Wildman–Crippen MR) is 88.3 cm³/mol. The van der Waals surface area contributed by atoms with Gasteiger partial charge in [-0.25, -0.2) is 4.98 Å². The molecule has 11 heteroatoms. The van der Waals surface area contributed by atoms with Gasteiger partial charge in [0.1, 0.15) is 18.9 Å². The molecule has 2 atom stereocenters. The van der Waals surface area contributed by atoms with Crippen LogP contribution in [0.3, 0.4) is 0 Å². The van der Waals surface area contributed by atoms with Gasteiger partial charge in [0, 0.05) is 0 Å². The SMILES string of the molecule is CC(C)C(N)C(=O)O[C@@H](CO)COCn1cnc2c(=O)[nH]c(N)nc21. The molecule has 0 amide bonds. The Balaban J connectivity index is 1.95. The first-order valence-corrected chi connectivity index (χ1v) is 7.68. The number of hydrogen-bond donors (Lipinski definition) is 4. The summed E-state index contributed by atoms with van der Waals surface area (Å²) in [5.41, 5.74) is 11.1. The van der Waals surface area contributed by atoms with Crippen molar-refractivity contribution in [2.24, 2.45) is 11.7 Å². The highest BCUT2D eigenvalue weighted by atomic mass is 16.6. The highest BCUT2D eigenvalue weighted by Gasteiger charge is 2.22. The highest BCUT2D eigenvalue weighted by molar-refractivity contribution is 5.76. The van der Waals surface area contributed by atoms with Crippen LogP contribution in [0.4, 0.5) is 5.95 Å². The number of aliphatic hydroxyl groups excluding tert-OH is 1. The van der Waals surface area contributed by atoms with Crippen LogP contribution in [-0.2, 0) is 21.0 Å². The van der Waals surface area contributed by atoms with Crippen LogP contribution in [0, 0.1) is 5.92 Å². The Morgan fingerprint density at radius 1 is 1.48 bits per heavy atom. The quantitative estimate of drug-likeness (QED) is 0.414. The van der Waals surface area contributed by atoms with Gasteiger partial charge in [-0.2, -0.15) is 4.98 Å². The van der Waals surface area contributed by atoms with Crippen molar-refractivity contribution in [2.75, 3.05) is 18.9 Å². The molecule has 2 heterocycles. The highest BCUT2D eigenvalue weighted by Crippen LogP contribution is 2.07. The van der Waals surface area contributed by atoms with E-state index in [9.17, 15) is 14.7 Å². The average Bonchev–Trinajstić information content (AvgIpc) is 2.96. The van der Waals surface area contributed by atoms with Gasteiger partial charge in [-0.05, 0) is 5.92 Å². The first-order chi connectivity index (χ1) is 11.8. The Morgan fingerprint density at radius 2 is 2.20 bits per heavy atom. The van der Waals surface area contributed by atoms with Gasteiger partial charge < -0.3 is 26.0 Å². The largest absolute Gasteiger partial charge is 0.456 e. The maximum absolute atomic E-state index is 11.8. The molecule has 11 nitrogen and oxygen atoms in total. The van der Waals surface area contributed by atoms with Crippen molar-refractivity contribution in [3.05, 3.63) is 16.7 Å². The number of carbonyl (C=O) groups is 1. The summed E-state index contributed by atoms with van der Waals surface area (Å²) in [7, 11) is 0. The number of nitrogens with two attached hydrogens (primary N) is 2. The molecule has 2 aromatic heterocycles. The Hall–Kier alpha value is -2.50. The maximum Gasteiger partial charge on any atom is 0.323 e. The number of aromatic nitrogens is 4. The molecule has 0 fully saturated rings. The summed E-state index contributed by atoms with van der Waals surface area (Å²) in [4.78, 5) is 33.8. The van der Waals surface area contributed by atoms with E-state index in [0.717, 1.165) is 0 Å². The predicted octanol–water partition coefficient (Wildman–Crippen LogP) is -1.44. The van der Waals surface area contributed by atoms with E-state index in [1.165, 1.54) is 10.9 Å². The lowest BCUT2D eigenvalue weighted by atomic mass is 10.1. The number of ether oxygens (including phenoxy) is 2. The minimum absolute atomic E-state index is 0.0172. The zero-order valence-electron chi connectivity index (χ0n) is 14.0. The van der Waals surface area contributed by atoms with Crippen LogP contribution in [-0.4, -0.2) is 56.0 Å². The van der Waals surface area contributed by atoms with Gasteiger partial charge in [0.2, 0.25) is 5.95 Å².